The molecule has 0 aliphatic rings. The number of hydrogen-bond donors (Lipinski definition) is 2. The molecule has 0 unspecified atom stereocenters. The lowest BCUT2D eigenvalue weighted by atomic mass is 9.91. The van der Waals surface area contributed by atoms with Gasteiger partial charge >= 0.3 is 35.5 Å². The van der Waals surface area contributed by atoms with Crippen molar-refractivity contribution >= 4 is 0 Å². The highest BCUT2D eigenvalue weighted by Gasteiger charge is 2.89. The van der Waals surface area contributed by atoms with Crippen LogP contribution in [0.1, 0.15) is 0 Å². The van der Waals surface area contributed by atoms with E-state index in [1.165, 1.54) is 0 Å². The molecular formula is C8H7F12NO. The van der Waals surface area contributed by atoms with Gasteiger partial charge < -0.3 is 10.8 Å². The van der Waals surface area contributed by atoms with E-state index in [-0.39, 0.29) is 0 Å². The van der Waals surface area contributed by atoms with Crippen LogP contribution >= 0.6 is 0 Å². The highest BCUT2D eigenvalue weighted by molar-refractivity contribution is 5.11. The van der Waals surface area contributed by atoms with E-state index in [0.717, 1.165) is 0 Å². The van der Waals surface area contributed by atoms with Gasteiger partial charge in [-0.1, -0.05) is 0 Å². The summed E-state index contributed by atoms with van der Waals surface area (Å²) in [7, 11) is 0. The smallest absolute Gasteiger partial charge is 0.384 e. The Morgan fingerprint density at radius 2 is 0.818 bits per heavy atom. The van der Waals surface area contributed by atoms with Gasteiger partial charge in [-0.3, -0.25) is 0 Å². The van der Waals surface area contributed by atoms with Crippen LogP contribution in [-0.2, 0) is 0 Å². The van der Waals surface area contributed by atoms with Gasteiger partial charge in [-0.25, -0.2) is 0 Å². The standard InChI is InChI=1S/C8H7F12NO/c9-3(10,1-21)5(13,14)7(17,18)8(19,20)6(15,16)4(11,12)2-22/h22H,1-2,21H2. The molecule has 0 aromatic carbocycles. The predicted molar refractivity (Wildman–Crippen MR) is 45.8 cm³/mol. The van der Waals surface area contributed by atoms with Gasteiger partial charge in [0.1, 0.15) is 6.61 Å². The van der Waals surface area contributed by atoms with Crippen molar-refractivity contribution < 1.29 is 57.8 Å². The second-order valence-electron chi connectivity index (χ2n) is 4.07. The molecule has 0 bridgehead atoms. The van der Waals surface area contributed by atoms with Gasteiger partial charge in [-0.15, -0.1) is 0 Å². The second-order valence-corrected chi connectivity index (χ2v) is 4.07. The molecule has 0 atom stereocenters. The summed E-state index contributed by atoms with van der Waals surface area (Å²) < 4.78 is 153. The zero-order valence-corrected chi connectivity index (χ0v) is 9.97. The van der Waals surface area contributed by atoms with E-state index < -0.39 is 48.7 Å². The minimum atomic E-state index is -7.64. The van der Waals surface area contributed by atoms with E-state index in [1.807, 2.05) is 0 Å². The predicted octanol–water partition coefficient (Wildman–Crippen LogP) is 2.75. The van der Waals surface area contributed by atoms with Crippen molar-refractivity contribution in [3.63, 3.8) is 0 Å². The minimum Gasteiger partial charge on any atom is -0.390 e. The quantitative estimate of drug-likeness (QED) is 0.685. The number of hydrogen-bond acceptors (Lipinski definition) is 2. The van der Waals surface area contributed by atoms with Crippen molar-refractivity contribution in [2.75, 3.05) is 13.2 Å². The first-order valence-corrected chi connectivity index (χ1v) is 4.95. The Labute approximate surface area is 113 Å². The van der Waals surface area contributed by atoms with E-state index in [4.69, 9.17) is 5.11 Å². The number of nitrogens with two attached hydrogens (primary N) is 1. The maximum Gasteiger partial charge on any atom is 0.384 e. The molecule has 0 saturated carbocycles. The van der Waals surface area contributed by atoms with Crippen LogP contribution in [-0.4, -0.2) is 53.8 Å². The summed E-state index contributed by atoms with van der Waals surface area (Å²) in [4.78, 5) is 0. The van der Waals surface area contributed by atoms with E-state index >= 15 is 0 Å². The Morgan fingerprint density at radius 3 is 1.05 bits per heavy atom. The number of aliphatic hydroxyl groups excluding tert-OH is 1. The zero-order valence-electron chi connectivity index (χ0n) is 9.97. The molecule has 0 heterocycles. The van der Waals surface area contributed by atoms with Gasteiger partial charge in [0.25, 0.3) is 0 Å². The molecule has 0 rings (SSSR count). The largest absolute Gasteiger partial charge is 0.390 e. The van der Waals surface area contributed by atoms with Gasteiger partial charge in [0.2, 0.25) is 0 Å². The maximum absolute atomic E-state index is 12.9. The van der Waals surface area contributed by atoms with Gasteiger partial charge in [-0.2, -0.15) is 52.7 Å². The van der Waals surface area contributed by atoms with Gasteiger partial charge in [-0.05, 0) is 0 Å². The number of rotatable bonds is 7. The number of alkyl halides is 12. The van der Waals surface area contributed by atoms with Crippen LogP contribution in [0.4, 0.5) is 52.7 Å². The number of halogens is 12. The molecule has 0 aliphatic carbocycles. The van der Waals surface area contributed by atoms with Crippen molar-refractivity contribution in [2.45, 2.75) is 35.5 Å². The molecule has 0 fully saturated rings. The van der Waals surface area contributed by atoms with Crippen LogP contribution in [0.15, 0.2) is 0 Å². The molecule has 0 radical (unpaired) electrons. The summed E-state index contributed by atoms with van der Waals surface area (Å²) in [6.45, 7) is -5.79. The van der Waals surface area contributed by atoms with Crippen LogP contribution in [0.25, 0.3) is 0 Å². The SMILES string of the molecule is NCC(F)(F)C(F)(F)C(F)(F)C(F)(F)C(F)(F)C(F)(F)CO. The summed E-state index contributed by atoms with van der Waals surface area (Å²) in [6, 6.07) is 0. The minimum absolute atomic E-state index is 2.66. The Morgan fingerprint density at radius 1 is 0.545 bits per heavy atom. The average Bonchev–Trinajstić information content (AvgIpc) is 2.37. The first kappa shape index (κ1) is 21.1. The molecule has 0 aromatic rings. The first-order chi connectivity index (χ1) is 9.37. The molecule has 0 aromatic heterocycles. The lowest BCUT2D eigenvalue weighted by Crippen LogP contribution is -2.71. The van der Waals surface area contributed by atoms with E-state index in [0.29, 0.717) is 0 Å². The number of aliphatic hydroxyl groups is 1. The third-order valence-electron chi connectivity index (χ3n) is 2.56. The third kappa shape index (κ3) is 2.49. The molecule has 0 saturated heterocycles. The normalized spacial score (nSPS) is 16.1. The van der Waals surface area contributed by atoms with Crippen molar-refractivity contribution in [3.05, 3.63) is 0 Å². The molecule has 0 amide bonds. The zero-order chi connectivity index (χ0) is 18.4. The van der Waals surface area contributed by atoms with Crippen LogP contribution in [0.5, 0.6) is 0 Å². The molecule has 2 nitrogen and oxygen atoms in total. The van der Waals surface area contributed by atoms with E-state index in [1.54, 1.807) is 0 Å². The van der Waals surface area contributed by atoms with E-state index in [2.05, 4.69) is 5.73 Å². The van der Waals surface area contributed by atoms with Crippen LogP contribution in [0, 0.1) is 0 Å². The summed E-state index contributed by atoms with van der Waals surface area (Å²) in [6.07, 6.45) is 0. The summed E-state index contributed by atoms with van der Waals surface area (Å²) in [5, 5.41) is 7.80. The Kier molecular flexibility index (Phi) is 5.09. The van der Waals surface area contributed by atoms with Gasteiger partial charge in [0, 0.05) is 0 Å². The van der Waals surface area contributed by atoms with E-state index in [9.17, 15) is 52.7 Å². The fourth-order valence-corrected chi connectivity index (χ4v) is 1.08. The summed E-state index contributed by atoms with van der Waals surface area (Å²) in [5.74, 6) is -42.1. The fraction of sp³-hybridized carbons (Fsp3) is 1.00. The first-order valence-electron chi connectivity index (χ1n) is 4.95. The highest BCUT2D eigenvalue weighted by atomic mass is 19.4. The van der Waals surface area contributed by atoms with Crippen LogP contribution < -0.4 is 5.73 Å². The summed E-state index contributed by atoms with van der Waals surface area (Å²) >= 11 is 0. The molecule has 3 N–H and O–H groups in total. The molecule has 0 aliphatic heterocycles. The Balaban J connectivity index is 6.19. The van der Waals surface area contributed by atoms with Crippen molar-refractivity contribution in [3.8, 4) is 0 Å². The van der Waals surface area contributed by atoms with Gasteiger partial charge in [0.05, 0.1) is 6.54 Å². The molecule has 22 heavy (non-hydrogen) atoms. The lowest BCUT2D eigenvalue weighted by Gasteiger charge is -2.40. The highest BCUT2D eigenvalue weighted by Crippen LogP contribution is 2.59. The second kappa shape index (κ2) is 5.32. The van der Waals surface area contributed by atoms with Crippen LogP contribution in [0.2, 0.25) is 0 Å². The molecule has 134 valence electrons. The van der Waals surface area contributed by atoms with Crippen molar-refractivity contribution in [2.24, 2.45) is 5.73 Å². The summed E-state index contributed by atoms with van der Waals surface area (Å²) in [5.41, 5.74) is 3.97. The average molecular weight is 361 g/mol. The van der Waals surface area contributed by atoms with Crippen molar-refractivity contribution in [1.29, 1.82) is 0 Å². The molecule has 14 heteroatoms. The fourth-order valence-electron chi connectivity index (χ4n) is 1.08. The lowest BCUT2D eigenvalue weighted by molar-refractivity contribution is -0.425. The molecule has 0 spiro atoms. The Hall–Kier alpha value is -0.920. The maximum atomic E-state index is 12.9. The monoisotopic (exact) mass is 361 g/mol. The molecular weight excluding hydrogens is 354 g/mol. The van der Waals surface area contributed by atoms with Gasteiger partial charge in [0.15, 0.2) is 0 Å². The Bertz CT molecular complexity index is 368. The third-order valence-corrected chi connectivity index (χ3v) is 2.56. The van der Waals surface area contributed by atoms with Crippen molar-refractivity contribution in [1.82, 2.24) is 0 Å². The topological polar surface area (TPSA) is 46.2 Å². The van der Waals surface area contributed by atoms with Crippen LogP contribution in [0.3, 0.4) is 0 Å².